The second-order valence-corrected chi connectivity index (χ2v) is 6.28. The highest BCUT2D eigenvalue weighted by atomic mass is 35.5. The summed E-state index contributed by atoms with van der Waals surface area (Å²) in [7, 11) is 0. The SMILES string of the molecule is O=C(Oc1ccc2c(-c3cc(F)c(F)c(F)c3)noc2c1)c1cccc(Cl)c1. The molecule has 0 amide bonds. The van der Waals surface area contributed by atoms with Gasteiger partial charge in [0, 0.05) is 22.0 Å². The number of rotatable bonds is 3. The zero-order chi connectivity index (χ0) is 19.8. The first-order chi connectivity index (χ1) is 13.4. The number of benzene rings is 3. The second kappa shape index (κ2) is 7.01. The molecule has 8 heteroatoms. The van der Waals surface area contributed by atoms with Crippen LogP contribution in [0, 0.1) is 17.5 Å². The molecule has 4 aromatic rings. The summed E-state index contributed by atoms with van der Waals surface area (Å²) in [6.45, 7) is 0. The fraction of sp³-hybridized carbons (Fsp3) is 0. The summed E-state index contributed by atoms with van der Waals surface area (Å²) in [5, 5.41) is 4.58. The second-order valence-electron chi connectivity index (χ2n) is 5.84. The van der Waals surface area contributed by atoms with Crippen molar-refractivity contribution < 1.29 is 27.2 Å². The molecule has 0 aliphatic rings. The van der Waals surface area contributed by atoms with E-state index in [9.17, 15) is 18.0 Å². The Morgan fingerprint density at radius 2 is 1.75 bits per heavy atom. The number of carbonyl (C=O) groups is 1. The molecule has 0 radical (unpaired) electrons. The molecule has 0 atom stereocenters. The Morgan fingerprint density at radius 1 is 1.00 bits per heavy atom. The molecular formula is C20H9ClF3NO3. The van der Waals surface area contributed by atoms with Crippen molar-refractivity contribution in [2.24, 2.45) is 0 Å². The number of carbonyl (C=O) groups excluding carboxylic acids is 1. The first-order valence-corrected chi connectivity index (χ1v) is 8.32. The lowest BCUT2D eigenvalue weighted by Gasteiger charge is -2.04. The predicted molar refractivity (Wildman–Crippen MR) is 95.7 cm³/mol. The Bertz CT molecular complexity index is 1200. The minimum Gasteiger partial charge on any atom is -0.423 e. The number of hydrogen-bond acceptors (Lipinski definition) is 4. The van der Waals surface area contributed by atoms with Gasteiger partial charge in [0.05, 0.1) is 5.56 Å². The molecule has 1 aromatic heterocycles. The van der Waals surface area contributed by atoms with E-state index in [2.05, 4.69) is 5.16 Å². The zero-order valence-corrected chi connectivity index (χ0v) is 14.6. The lowest BCUT2D eigenvalue weighted by Crippen LogP contribution is -2.08. The van der Waals surface area contributed by atoms with Crippen LogP contribution in [-0.2, 0) is 0 Å². The highest BCUT2D eigenvalue weighted by Gasteiger charge is 2.17. The molecule has 0 spiro atoms. The number of nitrogens with zero attached hydrogens (tertiary/aromatic N) is 1. The minimum atomic E-state index is -1.56. The fourth-order valence-corrected chi connectivity index (χ4v) is 2.85. The van der Waals surface area contributed by atoms with Crippen molar-refractivity contribution >= 4 is 28.5 Å². The molecule has 0 saturated carbocycles. The van der Waals surface area contributed by atoms with Crippen LogP contribution in [0.2, 0.25) is 5.02 Å². The van der Waals surface area contributed by atoms with Crippen LogP contribution >= 0.6 is 11.6 Å². The largest absolute Gasteiger partial charge is 0.423 e. The van der Waals surface area contributed by atoms with Crippen LogP contribution in [0.1, 0.15) is 10.4 Å². The van der Waals surface area contributed by atoms with E-state index < -0.39 is 23.4 Å². The maximum absolute atomic E-state index is 13.5. The third-order valence-corrected chi connectivity index (χ3v) is 4.21. The quantitative estimate of drug-likeness (QED) is 0.247. The van der Waals surface area contributed by atoms with Crippen molar-refractivity contribution in [2.75, 3.05) is 0 Å². The van der Waals surface area contributed by atoms with Crippen LogP contribution in [0.5, 0.6) is 5.75 Å². The van der Waals surface area contributed by atoms with E-state index in [0.717, 1.165) is 12.1 Å². The van der Waals surface area contributed by atoms with Gasteiger partial charge in [0.25, 0.3) is 0 Å². The Labute approximate surface area is 161 Å². The first kappa shape index (κ1) is 18.1. The third-order valence-electron chi connectivity index (χ3n) is 3.97. The molecule has 3 aromatic carbocycles. The third kappa shape index (κ3) is 3.32. The normalized spacial score (nSPS) is 11.0. The summed E-state index contributed by atoms with van der Waals surface area (Å²) in [6, 6.07) is 12.3. The maximum atomic E-state index is 13.5. The minimum absolute atomic E-state index is 0.0128. The molecular weight excluding hydrogens is 395 g/mol. The van der Waals surface area contributed by atoms with Crippen molar-refractivity contribution in [3.63, 3.8) is 0 Å². The van der Waals surface area contributed by atoms with E-state index in [4.69, 9.17) is 20.9 Å². The van der Waals surface area contributed by atoms with E-state index in [1.54, 1.807) is 18.2 Å². The lowest BCUT2D eigenvalue weighted by molar-refractivity contribution is 0.0735. The molecule has 0 aliphatic carbocycles. The van der Waals surface area contributed by atoms with Crippen molar-refractivity contribution in [3.05, 3.63) is 82.6 Å². The molecule has 0 fully saturated rings. The van der Waals surface area contributed by atoms with E-state index in [1.807, 2.05) is 0 Å². The van der Waals surface area contributed by atoms with Gasteiger partial charge in [-0.1, -0.05) is 22.8 Å². The van der Waals surface area contributed by atoms with Gasteiger partial charge in [-0.3, -0.25) is 0 Å². The summed E-state index contributed by atoms with van der Waals surface area (Å²) < 4.78 is 50.6. The maximum Gasteiger partial charge on any atom is 0.343 e. The average Bonchev–Trinajstić information content (AvgIpc) is 3.09. The molecule has 0 saturated heterocycles. The van der Waals surface area contributed by atoms with Gasteiger partial charge in [0.1, 0.15) is 11.4 Å². The molecule has 4 nitrogen and oxygen atoms in total. The number of hydrogen-bond donors (Lipinski definition) is 0. The summed E-state index contributed by atoms with van der Waals surface area (Å²) in [6.07, 6.45) is 0. The Morgan fingerprint density at radius 3 is 2.46 bits per heavy atom. The Hall–Kier alpha value is -3.32. The topological polar surface area (TPSA) is 52.3 Å². The van der Waals surface area contributed by atoms with Gasteiger partial charge < -0.3 is 9.26 Å². The van der Waals surface area contributed by atoms with Gasteiger partial charge in [-0.25, -0.2) is 18.0 Å². The van der Waals surface area contributed by atoms with Crippen molar-refractivity contribution in [2.45, 2.75) is 0 Å². The molecule has 1 heterocycles. The zero-order valence-electron chi connectivity index (χ0n) is 13.9. The monoisotopic (exact) mass is 403 g/mol. The molecule has 4 rings (SSSR count). The molecule has 0 N–H and O–H groups in total. The summed E-state index contributed by atoms with van der Waals surface area (Å²) in [5.41, 5.74) is 0.624. The van der Waals surface area contributed by atoms with Crippen molar-refractivity contribution in [3.8, 4) is 17.0 Å². The Balaban J connectivity index is 1.66. The van der Waals surface area contributed by atoms with E-state index >= 15 is 0 Å². The standard InChI is InChI=1S/C20H9ClF3NO3/c21-12-3-1-2-10(6-12)20(26)27-13-4-5-14-17(9-13)28-25-19(14)11-7-15(22)18(24)16(23)8-11/h1-9H. The fourth-order valence-electron chi connectivity index (χ4n) is 2.66. The molecule has 0 bridgehead atoms. The lowest BCUT2D eigenvalue weighted by atomic mass is 10.1. The summed E-state index contributed by atoms with van der Waals surface area (Å²) in [4.78, 5) is 12.2. The van der Waals surface area contributed by atoms with Gasteiger partial charge in [0.15, 0.2) is 23.0 Å². The van der Waals surface area contributed by atoms with Gasteiger partial charge >= 0.3 is 5.97 Å². The van der Waals surface area contributed by atoms with E-state index in [1.165, 1.54) is 24.3 Å². The van der Waals surface area contributed by atoms with Gasteiger partial charge in [-0.2, -0.15) is 0 Å². The number of halogens is 4. The van der Waals surface area contributed by atoms with E-state index in [0.29, 0.717) is 10.4 Å². The van der Waals surface area contributed by atoms with Crippen LogP contribution in [0.25, 0.3) is 22.2 Å². The highest BCUT2D eigenvalue weighted by Crippen LogP contribution is 2.32. The van der Waals surface area contributed by atoms with Crippen LogP contribution in [0.3, 0.4) is 0 Å². The molecule has 0 unspecified atom stereocenters. The molecule has 0 aliphatic heterocycles. The van der Waals surface area contributed by atoms with Crippen LogP contribution in [0.15, 0.2) is 59.1 Å². The summed E-state index contributed by atoms with van der Waals surface area (Å²) in [5.74, 6) is -4.68. The number of fused-ring (bicyclic) bond motifs is 1. The smallest absolute Gasteiger partial charge is 0.343 e. The van der Waals surface area contributed by atoms with Gasteiger partial charge in [-0.15, -0.1) is 0 Å². The van der Waals surface area contributed by atoms with Gasteiger partial charge in [0.2, 0.25) is 0 Å². The van der Waals surface area contributed by atoms with Gasteiger partial charge in [-0.05, 0) is 42.5 Å². The van der Waals surface area contributed by atoms with E-state index in [-0.39, 0.29) is 28.2 Å². The molecule has 28 heavy (non-hydrogen) atoms. The predicted octanol–water partition coefficient (Wildman–Crippen LogP) is 5.78. The van der Waals surface area contributed by atoms with Crippen molar-refractivity contribution in [1.82, 2.24) is 5.16 Å². The first-order valence-electron chi connectivity index (χ1n) is 7.94. The average molecular weight is 404 g/mol. The van der Waals surface area contributed by atoms with Crippen LogP contribution < -0.4 is 4.74 Å². The number of aromatic nitrogens is 1. The Kier molecular flexibility index (Phi) is 4.52. The molecule has 140 valence electrons. The number of esters is 1. The highest BCUT2D eigenvalue weighted by molar-refractivity contribution is 6.30. The van der Waals surface area contributed by atoms with Crippen molar-refractivity contribution in [1.29, 1.82) is 0 Å². The van der Waals surface area contributed by atoms with Crippen LogP contribution in [-0.4, -0.2) is 11.1 Å². The van der Waals surface area contributed by atoms with Crippen LogP contribution in [0.4, 0.5) is 13.2 Å². The number of ether oxygens (including phenoxy) is 1. The summed E-state index contributed by atoms with van der Waals surface area (Å²) >= 11 is 5.86.